The highest BCUT2D eigenvalue weighted by Crippen LogP contribution is 2.10. The number of amides is 14. The molecule has 2 rings (SSSR count). The SMILES string of the molecule is C[C@H](NC(=O)CNC(=O)[C@H](CC(N)=O)NC(=O)[C@H](Cc1ccccc1)NC(=O)CNC(=O)CNC(=O)[C@@H](N)Cc1ccccc1)C(=O)N[C@@H](CCCN=C(N)N)C(=O)N[C@@H](CCCCN)C(=O)N[C@@H](CO)C(=O)N[C@@H](C)C(=O)N[C@@H](CCCN=C(N)N)C(=O)N[C@@H](CCCCN)C(N)=O. The van der Waals surface area contributed by atoms with Crippen molar-refractivity contribution in [1.29, 1.82) is 0 Å². The molecule has 0 saturated carbocycles. The van der Waals surface area contributed by atoms with Crippen LogP contribution in [-0.4, -0.2) is 213 Å². The lowest BCUT2D eigenvalue weighted by molar-refractivity contribution is -0.136. The molecule has 0 saturated heterocycles. The quantitative estimate of drug-likeness (QED) is 0.0166. The lowest BCUT2D eigenvalue weighted by Crippen LogP contribution is -2.60. The maximum atomic E-state index is 14.1. The van der Waals surface area contributed by atoms with E-state index in [1.165, 1.54) is 13.8 Å². The van der Waals surface area contributed by atoms with Crippen LogP contribution in [-0.2, 0) is 80.0 Å². The van der Waals surface area contributed by atoms with Crippen molar-refractivity contribution in [2.75, 3.05) is 52.4 Å². The molecule has 31 N–H and O–H groups in total. The fourth-order valence-electron chi connectivity index (χ4n) is 9.21. The Kier molecular flexibility index (Phi) is 39.7. The van der Waals surface area contributed by atoms with Gasteiger partial charge in [0.05, 0.1) is 38.7 Å². The predicted molar refractivity (Wildman–Crippen MR) is 362 cm³/mol. The van der Waals surface area contributed by atoms with Crippen molar-refractivity contribution < 1.29 is 72.2 Å². The minimum atomic E-state index is -1.74. The minimum absolute atomic E-state index is 0.0356. The number of unbranched alkanes of at least 4 members (excludes halogenated alkanes) is 2. The van der Waals surface area contributed by atoms with Crippen LogP contribution in [0.2, 0.25) is 0 Å². The van der Waals surface area contributed by atoms with Crippen LogP contribution in [0.15, 0.2) is 70.6 Å². The van der Waals surface area contributed by atoms with Crippen LogP contribution in [0.5, 0.6) is 0 Å². The van der Waals surface area contributed by atoms with E-state index in [0.717, 1.165) is 5.56 Å². The Bertz CT molecular complexity index is 3070. The number of aliphatic imine (C=N–C) groups is 2. The Morgan fingerprint density at radius 2 is 0.778 bits per heavy atom. The minimum Gasteiger partial charge on any atom is -0.394 e. The third kappa shape index (κ3) is 35.3. The highest BCUT2D eigenvalue weighted by atomic mass is 16.3. The van der Waals surface area contributed by atoms with Crippen molar-refractivity contribution in [2.45, 2.75) is 158 Å². The van der Waals surface area contributed by atoms with Gasteiger partial charge in [0.25, 0.3) is 0 Å². The summed E-state index contributed by atoms with van der Waals surface area (Å²) < 4.78 is 0. The molecule has 0 aromatic heterocycles. The monoisotopic (exact) mass is 1390 g/mol. The maximum Gasteiger partial charge on any atom is 0.245 e. The molecule has 0 radical (unpaired) electrons. The second-order valence-electron chi connectivity index (χ2n) is 22.9. The Balaban J connectivity index is 2.20. The summed E-state index contributed by atoms with van der Waals surface area (Å²) in [5.74, 6) is -13.4. The van der Waals surface area contributed by atoms with Gasteiger partial charge in [0.1, 0.15) is 54.4 Å². The van der Waals surface area contributed by atoms with Gasteiger partial charge in [-0.1, -0.05) is 60.7 Å². The Labute approximate surface area is 572 Å². The average Bonchev–Trinajstić information content (AvgIpc) is 0.891. The largest absolute Gasteiger partial charge is 0.394 e. The highest BCUT2D eigenvalue weighted by Gasteiger charge is 2.34. The first-order chi connectivity index (χ1) is 47.0. The van der Waals surface area contributed by atoms with E-state index >= 15 is 0 Å². The molecule has 99 heavy (non-hydrogen) atoms. The van der Waals surface area contributed by atoms with Gasteiger partial charge in [0.2, 0.25) is 82.7 Å². The number of carbonyl (C=O) groups excluding carboxylic acids is 14. The molecular formula is C61H99N23O15. The van der Waals surface area contributed by atoms with E-state index in [0.29, 0.717) is 31.4 Å². The average molecular weight is 1390 g/mol. The lowest BCUT2D eigenvalue weighted by Gasteiger charge is -2.26. The standard InChI is InChI=1S/C61H99N23O15/c1-34(76-48(88)32-75-54(94)44(29-46(65)86)83-58(98)43(28-37-17-7-4-8-18-37)78-49(89)31-73-47(87)30-74-53(93)38(64)27-36-15-5-3-6-16-36)51(91)80-42(22-14-26-72-61(69)70)56(96)82-40(20-10-12-24-63)57(97)84-45(33-85)59(99)77-35(2)52(92)81-41(21-13-25-71-60(67)68)55(95)79-39(50(66)90)19-9-11-23-62/h3-8,15-18,34-35,38-45,85H,9-14,19-33,62-64H2,1-2H3,(H2,65,86)(H2,66,90)(H,73,87)(H,74,93)(H,75,94)(H,76,88)(H,77,99)(H,78,89)(H,79,95)(H,80,91)(H,81,92)(H,82,96)(H,83,98)(H,84,97)(H4,67,68,71)(H4,69,70,72)/t34-,35-,38-,39-,40-,41-,42-,43-,44-,45-/m0/s1. The van der Waals surface area contributed by atoms with Crippen molar-refractivity contribution in [3.8, 4) is 0 Å². The van der Waals surface area contributed by atoms with E-state index in [1.807, 2.05) is 0 Å². The van der Waals surface area contributed by atoms with E-state index in [4.69, 9.17) is 51.6 Å². The summed E-state index contributed by atoms with van der Waals surface area (Å²) in [5.41, 5.74) is 51.4. The molecule has 0 fully saturated rings. The van der Waals surface area contributed by atoms with Gasteiger partial charge in [0.15, 0.2) is 11.9 Å². The van der Waals surface area contributed by atoms with Crippen LogP contribution in [0.25, 0.3) is 0 Å². The summed E-state index contributed by atoms with van der Waals surface area (Å²) in [4.78, 5) is 194. The lowest BCUT2D eigenvalue weighted by atomic mass is 10.0. The smallest absolute Gasteiger partial charge is 0.245 e. The molecule has 548 valence electrons. The molecule has 0 aliphatic rings. The second kappa shape index (κ2) is 46.5. The van der Waals surface area contributed by atoms with Gasteiger partial charge < -0.3 is 121 Å². The Hall–Kier alpha value is -10.6. The zero-order valence-corrected chi connectivity index (χ0v) is 55.6. The topological polar surface area (TPSA) is 662 Å². The van der Waals surface area contributed by atoms with Crippen LogP contribution in [0.1, 0.15) is 95.6 Å². The van der Waals surface area contributed by atoms with Crippen LogP contribution in [0.3, 0.4) is 0 Å². The number of guanidine groups is 2. The number of benzene rings is 2. The highest BCUT2D eigenvalue weighted by molar-refractivity contribution is 5.99. The molecular weight excluding hydrogens is 1290 g/mol. The van der Waals surface area contributed by atoms with Gasteiger partial charge >= 0.3 is 0 Å². The summed E-state index contributed by atoms with van der Waals surface area (Å²) in [6, 6.07) is 3.18. The first kappa shape index (κ1) is 84.5. The maximum absolute atomic E-state index is 14.1. The van der Waals surface area contributed by atoms with Crippen molar-refractivity contribution in [3.63, 3.8) is 0 Å². The summed E-state index contributed by atoms with van der Waals surface area (Å²) in [5, 5.41) is 39.3. The Morgan fingerprint density at radius 3 is 1.25 bits per heavy atom. The number of rotatable bonds is 48. The molecule has 0 bridgehead atoms. The number of aliphatic hydroxyl groups is 1. The van der Waals surface area contributed by atoms with Gasteiger partial charge in [-0.2, -0.15) is 0 Å². The van der Waals surface area contributed by atoms with E-state index in [-0.39, 0.29) is 89.3 Å². The van der Waals surface area contributed by atoms with E-state index < -0.39 is 176 Å². The molecule has 10 atom stereocenters. The molecule has 14 amide bonds. The van der Waals surface area contributed by atoms with Crippen LogP contribution in [0.4, 0.5) is 0 Å². The third-order valence-electron chi connectivity index (χ3n) is 14.6. The Morgan fingerprint density at radius 1 is 0.394 bits per heavy atom. The second-order valence-corrected chi connectivity index (χ2v) is 22.9. The van der Waals surface area contributed by atoms with Crippen molar-refractivity contribution in [3.05, 3.63) is 71.8 Å². The normalized spacial score (nSPS) is 13.8. The number of nitrogens with two attached hydrogens (primary N) is 9. The molecule has 2 aromatic carbocycles. The molecule has 0 heterocycles. The van der Waals surface area contributed by atoms with Crippen molar-refractivity contribution >= 4 is 94.6 Å². The number of primary amides is 2. The number of hydrogen-bond donors (Lipinski definition) is 22. The number of nitrogens with zero attached hydrogens (tertiary/aromatic N) is 2. The van der Waals surface area contributed by atoms with Crippen molar-refractivity contribution in [2.24, 2.45) is 61.6 Å². The zero-order valence-electron chi connectivity index (χ0n) is 55.6. The summed E-state index contributed by atoms with van der Waals surface area (Å²) in [6.45, 7) is -0.0737. The van der Waals surface area contributed by atoms with Crippen LogP contribution in [0, 0.1) is 0 Å². The molecule has 2 aromatic rings. The third-order valence-corrected chi connectivity index (χ3v) is 14.6. The van der Waals surface area contributed by atoms with Gasteiger partial charge in [-0.05, 0) is 109 Å². The van der Waals surface area contributed by atoms with E-state index in [9.17, 15) is 72.2 Å². The van der Waals surface area contributed by atoms with Gasteiger partial charge in [0, 0.05) is 19.5 Å². The predicted octanol–water partition coefficient (Wildman–Crippen LogP) is -9.73. The number of hydrogen-bond acceptors (Lipinski definition) is 20. The molecule has 0 aliphatic carbocycles. The first-order valence-electron chi connectivity index (χ1n) is 32.0. The van der Waals surface area contributed by atoms with Gasteiger partial charge in [-0.3, -0.25) is 77.1 Å². The number of aliphatic hydroxyl groups excluding tert-OH is 1. The zero-order chi connectivity index (χ0) is 74.0. The number of carbonyl (C=O) groups is 14. The van der Waals surface area contributed by atoms with E-state index in [2.05, 4.69) is 73.8 Å². The molecule has 0 aliphatic heterocycles. The number of nitrogens with one attached hydrogen (secondary N) is 12. The van der Waals surface area contributed by atoms with Gasteiger partial charge in [-0.15, -0.1) is 0 Å². The fraction of sp³-hybridized carbons (Fsp3) is 0.541. The van der Waals surface area contributed by atoms with Crippen LogP contribution >= 0.6 is 0 Å². The van der Waals surface area contributed by atoms with Gasteiger partial charge in [-0.25, -0.2) is 0 Å². The fourth-order valence-corrected chi connectivity index (χ4v) is 9.21. The van der Waals surface area contributed by atoms with Crippen LogP contribution < -0.4 is 115 Å². The molecule has 0 unspecified atom stereocenters. The van der Waals surface area contributed by atoms with Crippen molar-refractivity contribution in [1.82, 2.24) is 63.8 Å². The molecule has 0 spiro atoms. The summed E-state index contributed by atoms with van der Waals surface area (Å²) >= 11 is 0. The summed E-state index contributed by atoms with van der Waals surface area (Å²) in [6.07, 6.45) is 0.925. The summed E-state index contributed by atoms with van der Waals surface area (Å²) in [7, 11) is 0. The first-order valence-corrected chi connectivity index (χ1v) is 32.0. The molecule has 38 nitrogen and oxygen atoms in total. The van der Waals surface area contributed by atoms with E-state index in [1.54, 1.807) is 60.7 Å². The molecule has 38 heteroatoms.